The number of aliphatic hydroxyl groups is 1. The molecule has 0 spiro atoms. The highest BCUT2D eigenvalue weighted by Crippen LogP contribution is 2.28. The number of hydrogen-bond donors (Lipinski definition) is 3. The Labute approximate surface area is 188 Å². The molecule has 1 amide bonds. The first-order valence-corrected chi connectivity index (χ1v) is 9.85. The predicted molar refractivity (Wildman–Crippen MR) is 125 cm³/mol. The number of aliphatic hydroxyl groups excluding tert-OH is 1. The summed E-state index contributed by atoms with van der Waals surface area (Å²) in [6.07, 6.45) is 3.14. The van der Waals surface area contributed by atoms with Gasteiger partial charge in [0.15, 0.2) is 0 Å². The zero-order chi connectivity index (χ0) is 24.0. The number of primary amides is 1. The van der Waals surface area contributed by atoms with Crippen molar-refractivity contribution in [1.82, 2.24) is 0 Å². The number of allylic oxidation sites excluding steroid dienone is 2. The third-order valence-corrected chi connectivity index (χ3v) is 4.42. The monoisotopic (exact) mass is 447 g/mol. The van der Waals surface area contributed by atoms with Gasteiger partial charge < -0.3 is 25.5 Å². The molecule has 0 radical (unpaired) electrons. The van der Waals surface area contributed by atoms with Gasteiger partial charge in [0.05, 0.1) is 5.02 Å². The smallest absolute Gasteiger partial charge is 0.244 e. The van der Waals surface area contributed by atoms with E-state index in [1.165, 1.54) is 6.07 Å². The maximum atomic E-state index is 11.4. The number of benzene rings is 2. The van der Waals surface area contributed by atoms with Gasteiger partial charge in [-0.3, -0.25) is 4.79 Å². The highest BCUT2D eigenvalue weighted by molar-refractivity contribution is 6.31. The van der Waals surface area contributed by atoms with Gasteiger partial charge in [0, 0.05) is 24.7 Å². The molecule has 4 N–H and O–H groups in total. The first-order valence-electron chi connectivity index (χ1n) is 9.47. The summed E-state index contributed by atoms with van der Waals surface area (Å²) in [4.78, 5) is 20.6. The number of ether oxygens (including phenoxy) is 1. The van der Waals surface area contributed by atoms with Crippen LogP contribution in [0.4, 0.5) is 0 Å². The second kappa shape index (κ2) is 14.8. The van der Waals surface area contributed by atoms with Crippen molar-refractivity contribution in [2.45, 2.75) is 33.8 Å². The standard InChI is InChI=1S/C20H20ClNO3.C3H6O.CH4O/c1-4-17(13(3)20(22)24)18-8-7-16(9-12(18)2)25-11-14-5-6-15(23)10-19(14)21;1-2-3-4;1-2/h4-10,23H,1,11H2,2-3H3,(H2,22,24);3H,2H2,1H3;2H,1H3/b17-13+;;. The number of aromatic hydroxyl groups is 1. The van der Waals surface area contributed by atoms with E-state index in [1.54, 1.807) is 25.1 Å². The average molecular weight is 448 g/mol. The van der Waals surface area contributed by atoms with Crippen molar-refractivity contribution in [2.75, 3.05) is 7.11 Å². The Balaban J connectivity index is 0.00000134. The fraction of sp³-hybridized carbons (Fsp3) is 0.250. The summed E-state index contributed by atoms with van der Waals surface area (Å²) in [7, 11) is 1.00. The zero-order valence-corrected chi connectivity index (χ0v) is 19.1. The first kappa shape index (κ1) is 27.9. The molecule has 0 aliphatic carbocycles. The van der Waals surface area contributed by atoms with Crippen LogP contribution < -0.4 is 10.5 Å². The van der Waals surface area contributed by atoms with Gasteiger partial charge in [-0.2, -0.15) is 0 Å². The van der Waals surface area contributed by atoms with Crippen LogP contribution in [-0.4, -0.2) is 29.5 Å². The fourth-order valence-electron chi connectivity index (χ4n) is 2.44. The minimum absolute atomic E-state index is 0.113. The van der Waals surface area contributed by atoms with Crippen LogP contribution in [0, 0.1) is 6.92 Å². The van der Waals surface area contributed by atoms with Crippen LogP contribution in [0.1, 0.15) is 37.0 Å². The SMILES string of the molecule is C=C/C(=C(/C)C(N)=O)c1ccc(OCc2ccc(O)cc2Cl)cc1C.CCC=O.CO. The summed E-state index contributed by atoms with van der Waals surface area (Å²) >= 11 is 6.08. The van der Waals surface area contributed by atoms with E-state index in [0.29, 0.717) is 28.3 Å². The molecule has 2 aromatic rings. The molecule has 7 heteroatoms. The Morgan fingerprint density at radius 2 is 1.84 bits per heavy atom. The Morgan fingerprint density at radius 1 is 1.23 bits per heavy atom. The number of phenols is 1. The van der Waals surface area contributed by atoms with Crippen LogP contribution in [0.5, 0.6) is 11.5 Å². The number of rotatable bonds is 7. The van der Waals surface area contributed by atoms with E-state index in [2.05, 4.69) is 6.58 Å². The molecule has 2 aromatic carbocycles. The molecular formula is C24H30ClNO5. The lowest BCUT2D eigenvalue weighted by Crippen LogP contribution is -2.13. The van der Waals surface area contributed by atoms with Crippen molar-refractivity contribution in [3.8, 4) is 11.5 Å². The number of carbonyl (C=O) groups is 2. The van der Waals surface area contributed by atoms with E-state index < -0.39 is 5.91 Å². The van der Waals surface area contributed by atoms with Crippen LogP contribution in [0.15, 0.2) is 54.6 Å². The molecule has 31 heavy (non-hydrogen) atoms. The summed E-state index contributed by atoms with van der Waals surface area (Å²) in [5.74, 6) is 0.310. The molecule has 6 nitrogen and oxygen atoms in total. The van der Waals surface area contributed by atoms with Crippen LogP contribution in [-0.2, 0) is 16.2 Å². The fourth-order valence-corrected chi connectivity index (χ4v) is 2.67. The van der Waals surface area contributed by atoms with Gasteiger partial charge in [0.1, 0.15) is 24.4 Å². The molecule has 2 rings (SSSR count). The van der Waals surface area contributed by atoms with Gasteiger partial charge in [-0.25, -0.2) is 0 Å². The Kier molecular flexibility index (Phi) is 13.3. The number of hydrogen-bond acceptors (Lipinski definition) is 5. The van der Waals surface area contributed by atoms with Gasteiger partial charge in [0.2, 0.25) is 5.91 Å². The van der Waals surface area contributed by atoms with Gasteiger partial charge in [-0.15, -0.1) is 0 Å². The third kappa shape index (κ3) is 9.07. The summed E-state index contributed by atoms with van der Waals surface area (Å²) in [6.45, 7) is 9.46. The third-order valence-electron chi connectivity index (χ3n) is 4.06. The van der Waals surface area contributed by atoms with E-state index in [4.69, 9.17) is 27.2 Å². The maximum Gasteiger partial charge on any atom is 0.244 e. The number of aryl methyl sites for hydroxylation is 1. The molecule has 168 valence electrons. The largest absolute Gasteiger partial charge is 0.508 e. The van der Waals surface area contributed by atoms with E-state index >= 15 is 0 Å². The molecule has 0 saturated heterocycles. The van der Waals surface area contributed by atoms with Gasteiger partial charge in [-0.05, 0) is 54.8 Å². The molecule has 0 aromatic heterocycles. The normalized spacial score (nSPS) is 10.4. The van der Waals surface area contributed by atoms with E-state index in [-0.39, 0.29) is 12.4 Å². The number of halogens is 1. The van der Waals surface area contributed by atoms with Gasteiger partial charge in [0.25, 0.3) is 0 Å². The Hall–Kier alpha value is -3.09. The molecular weight excluding hydrogens is 418 g/mol. The molecule has 0 saturated carbocycles. The quantitative estimate of drug-likeness (QED) is 0.327. The van der Waals surface area contributed by atoms with Crippen LogP contribution >= 0.6 is 11.6 Å². The molecule has 0 fully saturated rings. The maximum absolute atomic E-state index is 11.4. The first-order chi connectivity index (χ1) is 14.7. The summed E-state index contributed by atoms with van der Waals surface area (Å²) in [5.41, 5.74) is 9.12. The number of nitrogens with two attached hydrogens (primary N) is 1. The minimum atomic E-state index is -0.475. The van der Waals surface area contributed by atoms with Crippen LogP contribution in [0.2, 0.25) is 5.02 Å². The van der Waals surface area contributed by atoms with Crippen LogP contribution in [0.25, 0.3) is 5.57 Å². The molecule has 0 aliphatic heterocycles. The number of carbonyl (C=O) groups excluding carboxylic acids is 2. The molecule has 0 aliphatic rings. The lowest BCUT2D eigenvalue weighted by molar-refractivity contribution is -0.114. The lowest BCUT2D eigenvalue weighted by atomic mass is 9.96. The topological polar surface area (TPSA) is 110 Å². The van der Waals surface area contributed by atoms with Crippen molar-refractivity contribution in [3.05, 3.63) is 76.3 Å². The number of amides is 1. The highest BCUT2D eigenvalue weighted by Gasteiger charge is 2.11. The van der Waals surface area contributed by atoms with Gasteiger partial charge >= 0.3 is 0 Å². The predicted octanol–water partition coefficient (Wildman–Crippen LogP) is 4.58. The highest BCUT2D eigenvalue weighted by atomic mass is 35.5. The Bertz CT molecular complexity index is 922. The van der Waals surface area contributed by atoms with Crippen molar-refractivity contribution in [2.24, 2.45) is 5.73 Å². The van der Waals surface area contributed by atoms with E-state index in [9.17, 15) is 14.7 Å². The van der Waals surface area contributed by atoms with Gasteiger partial charge in [-0.1, -0.05) is 43.3 Å². The van der Waals surface area contributed by atoms with E-state index in [0.717, 1.165) is 30.1 Å². The average Bonchev–Trinajstić information content (AvgIpc) is 2.76. The number of phenolic OH excluding ortho intramolecular Hbond substituents is 1. The molecule has 0 atom stereocenters. The van der Waals surface area contributed by atoms with Crippen molar-refractivity contribution in [3.63, 3.8) is 0 Å². The zero-order valence-electron chi connectivity index (χ0n) is 18.3. The van der Waals surface area contributed by atoms with E-state index in [1.807, 2.05) is 32.0 Å². The van der Waals surface area contributed by atoms with Crippen molar-refractivity contribution < 1.29 is 24.5 Å². The summed E-state index contributed by atoms with van der Waals surface area (Å²) in [6, 6.07) is 10.3. The summed E-state index contributed by atoms with van der Waals surface area (Å²) < 4.78 is 5.77. The molecule has 0 heterocycles. The van der Waals surface area contributed by atoms with Crippen molar-refractivity contribution >= 4 is 29.4 Å². The summed E-state index contributed by atoms with van der Waals surface area (Å²) in [5, 5.41) is 16.8. The number of aldehydes is 1. The Morgan fingerprint density at radius 3 is 2.29 bits per heavy atom. The molecule has 0 bridgehead atoms. The minimum Gasteiger partial charge on any atom is -0.508 e. The lowest BCUT2D eigenvalue weighted by Gasteiger charge is -2.13. The van der Waals surface area contributed by atoms with Crippen molar-refractivity contribution in [1.29, 1.82) is 0 Å². The van der Waals surface area contributed by atoms with Crippen LogP contribution in [0.3, 0.4) is 0 Å². The second-order valence-corrected chi connectivity index (χ2v) is 6.63. The second-order valence-electron chi connectivity index (χ2n) is 6.22. The molecule has 0 unspecified atom stereocenters.